The molecule has 0 unspecified atom stereocenters. The Morgan fingerprint density at radius 1 is 1.33 bits per heavy atom. The maximum Gasteiger partial charge on any atom is 0.186 e. The summed E-state index contributed by atoms with van der Waals surface area (Å²) in [6.45, 7) is 5.02. The molecular weight excluding hydrogens is 324 g/mol. The first-order valence-electron chi connectivity index (χ1n) is 6.82. The SMILES string of the molecule is CN(Cc1ccc(Cl)s1)c1nc2c(s1)C(=O)CC(C)(C)C2. The first-order chi connectivity index (χ1) is 9.84. The van der Waals surface area contributed by atoms with Gasteiger partial charge in [0.15, 0.2) is 10.9 Å². The molecule has 1 aliphatic carbocycles. The van der Waals surface area contributed by atoms with Gasteiger partial charge in [-0.15, -0.1) is 11.3 Å². The molecule has 21 heavy (non-hydrogen) atoms. The van der Waals surface area contributed by atoms with Crippen molar-refractivity contribution < 1.29 is 4.79 Å². The summed E-state index contributed by atoms with van der Waals surface area (Å²) in [5.41, 5.74) is 0.988. The molecule has 0 amide bonds. The number of fused-ring (bicyclic) bond motifs is 1. The number of ketones is 1. The Hall–Kier alpha value is -0.910. The Kier molecular flexibility index (Phi) is 3.84. The van der Waals surface area contributed by atoms with Crippen LogP contribution in [-0.2, 0) is 13.0 Å². The van der Waals surface area contributed by atoms with E-state index in [2.05, 4.69) is 18.7 Å². The number of carbonyl (C=O) groups excluding carboxylic acids is 1. The Morgan fingerprint density at radius 2 is 2.10 bits per heavy atom. The third kappa shape index (κ3) is 3.15. The van der Waals surface area contributed by atoms with Gasteiger partial charge in [0.1, 0.15) is 0 Å². The van der Waals surface area contributed by atoms with Crippen LogP contribution >= 0.6 is 34.3 Å². The molecule has 2 heterocycles. The van der Waals surface area contributed by atoms with E-state index in [1.807, 2.05) is 19.2 Å². The van der Waals surface area contributed by atoms with Crippen molar-refractivity contribution in [2.75, 3.05) is 11.9 Å². The minimum absolute atomic E-state index is 0.0231. The molecule has 2 aromatic heterocycles. The van der Waals surface area contributed by atoms with E-state index >= 15 is 0 Å². The molecule has 0 bridgehead atoms. The number of hydrogen-bond acceptors (Lipinski definition) is 5. The molecule has 0 fully saturated rings. The number of Topliss-reactive ketones (excluding diaryl/α,β-unsaturated/α-hetero) is 1. The molecular formula is C15H17ClN2OS2. The molecule has 6 heteroatoms. The van der Waals surface area contributed by atoms with Crippen molar-refractivity contribution in [3.05, 3.63) is 31.9 Å². The minimum atomic E-state index is 0.0231. The Morgan fingerprint density at radius 3 is 2.76 bits per heavy atom. The molecule has 1 aliphatic rings. The highest BCUT2D eigenvalue weighted by Gasteiger charge is 2.34. The number of anilines is 1. The molecule has 3 rings (SSSR count). The van der Waals surface area contributed by atoms with Crippen molar-refractivity contribution in [3.8, 4) is 0 Å². The Balaban J connectivity index is 1.82. The Labute approximate surface area is 137 Å². The van der Waals surface area contributed by atoms with E-state index < -0.39 is 0 Å². The lowest BCUT2D eigenvalue weighted by molar-refractivity contribution is 0.0916. The van der Waals surface area contributed by atoms with Crippen molar-refractivity contribution in [2.24, 2.45) is 5.41 Å². The second kappa shape index (κ2) is 5.38. The van der Waals surface area contributed by atoms with Crippen LogP contribution in [0, 0.1) is 5.41 Å². The number of thiazole rings is 1. The van der Waals surface area contributed by atoms with Crippen molar-refractivity contribution in [1.29, 1.82) is 0 Å². The standard InChI is InChI=1S/C15H17ClN2OS2/c1-15(2)6-10-13(11(19)7-15)21-14(17-10)18(3)8-9-4-5-12(16)20-9/h4-5H,6-8H2,1-3H3. The van der Waals surface area contributed by atoms with E-state index in [1.165, 1.54) is 16.2 Å². The van der Waals surface area contributed by atoms with Gasteiger partial charge in [0.05, 0.1) is 21.5 Å². The van der Waals surface area contributed by atoms with Crippen LogP contribution in [0.3, 0.4) is 0 Å². The highest BCUT2D eigenvalue weighted by Crippen LogP contribution is 2.39. The zero-order chi connectivity index (χ0) is 15.2. The predicted octanol–water partition coefficient (Wildman–Crippen LogP) is 4.65. The van der Waals surface area contributed by atoms with Crippen molar-refractivity contribution in [2.45, 2.75) is 33.2 Å². The van der Waals surface area contributed by atoms with Crippen molar-refractivity contribution in [1.82, 2.24) is 4.98 Å². The lowest BCUT2D eigenvalue weighted by atomic mass is 9.78. The molecule has 3 nitrogen and oxygen atoms in total. The van der Waals surface area contributed by atoms with Crippen LogP contribution < -0.4 is 4.90 Å². The lowest BCUT2D eigenvalue weighted by Gasteiger charge is -2.26. The van der Waals surface area contributed by atoms with Crippen LogP contribution in [0.25, 0.3) is 0 Å². The first kappa shape index (κ1) is 15.0. The van der Waals surface area contributed by atoms with E-state index in [0.717, 1.165) is 33.0 Å². The Bertz CT molecular complexity index is 690. The summed E-state index contributed by atoms with van der Waals surface area (Å²) in [5, 5.41) is 0.913. The van der Waals surface area contributed by atoms with Gasteiger partial charge in [-0.1, -0.05) is 36.8 Å². The lowest BCUT2D eigenvalue weighted by Crippen LogP contribution is -2.26. The quantitative estimate of drug-likeness (QED) is 0.815. The molecule has 0 radical (unpaired) electrons. The summed E-state index contributed by atoms with van der Waals surface area (Å²) in [5.74, 6) is 0.234. The number of rotatable bonds is 3. The smallest absolute Gasteiger partial charge is 0.186 e. The number of carbonyl (C=O) groups is 1. The summed E-state index contributed by atoms with van der Waals surface area (Å²) < 4.78 is 0.800. The summed E-state index contributed by atoms with van der Waals surface area (Å²) in [6, 6.07) is 3.94. The van der Waals surface area contributed by atoms with Gasteiger partial charge >= 0.3 is 0 Å². The molecule has 0 saturated heterocycles. The van der Waals surface area contributed by atoms with Crippen molar-refractivity contribution >= 4 is 45.2 Å². The number of thiophene rings is 1. The molecule has 0 aliphatic heterocycles. The van der Waals surface area contributed by atoms with Crippen LogP contribution in [0.4, 0.5) is 5.13 Å². The largest absolute Gasteiger partial charge is 0.346 e. The molecule has 0 saturated carbocycles. The van der Waals surface area contributed by atoms with Gasteiger partial charge in [0.25, 0.3) is 0 Å². The van der Waals surface area contributed by atoms with E-state index in [9.17, 15) is 4.79 Å². The molecule has 112 valence electrons. The zero-order valence-corrected chi connectivity index (χ0v) is 14.7. The average Bonchev–Trinajstić information content (AvgIpc) is 2.94. The number of halogens is 1. The molecule has 0 N–H and O–H groups in total. The van der Waals surface area contributed by atoms with Crippen LogP contribution in [0.1, 0.15) is 40.5 Å². The number of nitrogens with zero attached hydrogens (tertiary/aromatic N) is 2. The third-order valence-corrected chi connectivity index (χ3v) is 6.04. The van der Waals surface area contributed by atoms with Gasteiger partial charge in [-0.3, -0.25) is 4.79 Å². The van der Waals surface area contributed by atoms with Crippen LogP contribution in [0.5, 0.6) is 0 Å². The molecule has 2 aromatic rings. The van der Waals surface area contributed by atoms with Crippen LogP contribution in [0.2, 0.25) is 4.34 Å². The maximum atomic E-state index is 12.2. The fraction of sp³-hybridized carbons (Fsp3) is 0.467. The summed E-state index contributed by atoms with van der Waals surface area (Å²) in [6.07, 6.45) is 1.50. The summed E-state index contributed by atoms with van der Waals surface area (Å²) in [4.78, 5) is 21.1. The van der Waals surface area contributed by atoms with Gasteiger partial charge in [0.2, 0.25) is 0 Å². The third-order valence-electron chi connectivity index (χ3n) is 3.57. The van der Waals surface area contributed by atoms with Gasteiger partial charge in [0, 0.05) is 18.3 Å². The number of aromatic nitrogens is 1. The summed E-state index contributed by atoms with van der Waals surface area (Å²) in [7, 11) is 2.01. The fourth-order valence-corrected chi connectivity index (χ4v) is 4.73. The monoisotopic (exact) mass is 340 g/mol. The second-order valence-corrected chi connectivity index (χ2v) is 9.05. The zero-order valence-electron chi connectivity index (χ0n) is 12.3. The van der Waals surface area contributed by atoms with Gasteiger partial charge in [-0.2, -0.15) is 0 Å². The van der Waals surface area contributed by atoms with Gasteiger partial charge < -0.3 is 4.90 Å². The van der Waals surface area contributed by atoms with E-state index in [-0.39, 0.29) is 11.2 Å². The van der Waals surface area contributed by atoms with E-state index in [1.54, 1.807) is 11.3 Å². The first-order valence-corrected chi connectivity index (χ1v) is 8.83. The second-order valence-electron chi connectivity index (χ2n) is 6.28. The highest BCUT2D eigenvalue weighted by atomic mass is 35.5. The van der Waals surface area contributed by atoms with Crippen LogP contribution in [-0.4, -0.2) is 17.8 Å². The van der Waals surface area contributed by atoms with E-state index in [4.69, 9.17) is 16.6 Å². The molecule has 0 aromatic carbocycles. The van der Waals surface area contributed by atoms with Gasteiger partial charge in [-0.05, 0) is 24.0 Å². The van der Waals surface area contributed by atoms with Crippen molar-refractivity contribution in [3.63, 3.8) is 0 Å². The minimum Gasteiger partial charge on any atom is -0.346 e. The normalized spacial score (nSPS) is 16.9. The molecule has 0 atom stereocenters. The topological polar surface area (TPSA) is 33.2 Å². The van der Waals surface area contributed by atoms with Gasteiger partial charge in [-0.25, -0.2) is 4.98 Å². The predicted molar refractivity (Wildman–Crippen MR) is 90.0 cm³/mol. The fourth-order valence-electron chi connectivity index (χ4n) is 2.61. The number of hydrogen-bond donors (Lipinski definition) is 0. The highest BCUT2D eigenvalue weighted by molar-refractivity contribution is 7.18. The summed E-state index contributed by atoms with van der Waals surface area (Å²) >= 11 is 9.06. The maximum absolute atomic E-state index is 12.2. The van der Waals surface area contributed by atoms with Crippen LogP contribution in [0.15, 0.2) is 12.1 Å². The molecule has 0 spiro atoms. The average molecular weight is 341 g/mol. The van der Waals surface area contributed by atoms with E-state index in [0.29, 0.717) is 6.42 Å².